The number of nitriles is 1. The Labute approximate surface area is 117 Å². The van der Waals surface area contributed by atoms with Gasteiger partial charge in [0.15, 0.2) is 0 Å². The number of aromatic nitrogens is 3. The zero-order valence-corrected chi connectivity index (χ0v) is 11.5. The Kier molecular flexibility index (Phi) is 4.31. The first-order valence-electron chi connectivity index (χ1n) is 6.43. The standard InChI is InChI=1S/C14H16FN5/c1-10(2)14-19-18-9-20(14)7-6-17-13-5-3-4-12(15)11(13)8-16/h3-5,9-10,17H,6-7H2,1-2H3. The lowest BCUT2D eigenvalue weighted by Gasteiger charge is -2.11. The average molecular weight is 273 g/mol. The fourth-order valence-electron chi connectivity index (χ4n) is 1.98. The highest BCUT2D eigenvalue weighted by molar-refractivity contribution is 5.57. The number of nitrogens with one attached hydrogen (secondary N) is 1. The van der Waals surface area contributed by atoms with Gasteiger partial charge in [0.2, 0.25) is 0 Å². The maximum atomic E-state index is 13.4. The van der Waals surface area contributed by atoms with Crippen molar-refractivity contribution < 1.29 is 4.39 Å². The van der Waals surface area contributed by atoms with Gasteiger partial charge in [-0.2, -0.15) is 5.26 Å². The second kappa shape index (κ2) is 6.15. The molecule has 104 valence electrons. The fraction of sp³-hybridized carbons (Fsp3) is 0.357. The topological polar surface area (TPSA) is 66.5 Å². The van der Waals surface area contributed by atoms with Crippen molar-refractivity contribution in [1.29, 1.82) is 5.26 Å². The molecule has 0 saturated carbocycles. The molecule has 20 heavy (non-hydrogen) atoms. The number of benzene rings is 1. The molecule has 0 spiro atoms. The number of anilines is 1. The van der Waals surface area contributed by atoms with E-state index in [0.717, 1.165) is 5.82 Å². The molecule has 1 heterocycles. The molecule has 1 aromatic heterocycles. The first-order valence-corrected chi connectivity index (χ1v) is 6.43. The second-order valence-electron chi connectivity index (χ2n) is 4.74. The lowest BCUT2D eigenvalue weighted by molar-refractivity contribution is 0.622. The minimum Gasteiger partial charge on any atom is -0.382 e. The van der Waals surface area contributed by atoms with Gasteiger partial charge in [0.25, 0.3) is 0 Å². The van der Waals surface area contributed by atoms with Crippen molar-refractivity contribution in [2.45, 2.75) is 26.3 Å². The first-order chi connectivity index (χ1) is 9.63. The molecule has 2 rings (SSSR count). The molecular formula is C14H16FN5. The molecule has 0 fully saturated rings. The van der Waals surface area contributed by atoms with Gasteiger partial charge in [0.05, 0.1) is 5.69 Å². The van der Waals surface area contributed by atoms with Crippen molar-refractivity contribution in [3.05, 3.63) is 41.7 Å². The van der Waals surface area contributed by atoms with Crippen molar-refractivity contribution in [3.63, 3.8) is 0 Å². The summed E-state index contributed by atoms with van der Waals surface area (Å²) in [5, 5.41) is 20.0. The molecule has 0 bridgehead atoms. The van der Waals surface area contributed by atoms with Crippen LogP contribution in [0.5, 0.6) is 0 Å². The molecule has 0 aliphatic carbocycles. The van der Waals surface area contributed by atoms with Gasteiger partial charge in [-0.15, -0.1) is 10.2 Å². The predicted molar refractivity (Wildman–Crippen MR) is 73.7 cm³/mol. The molecule has 0 saturated heterocycles. The van der Waals surface area contributed by atoms with Gasteiger partial charge >= 0.3 is 0 Å². The van der Waals surface area contributed by atoms with E-state index in [1.807, 2.05) is 24.5 Å². The van der Waals surface area contributed by atoms with E-state index in [0.29, 0.717) is 24.7 Å². The summed E-state index contributed by atoms with van der Waals surface area (Å²) >= 11 is 0. The predicted octanol–water partition coefficient (Wildman–Crippen LogP) is 2.52. The monoisotopic (exact) mass is 273 g/mol. The molecule has 0 unspecified atom stereocenters. The minimum absolute atomic E-state index is 0.0420. The Bertz CT molecular complexity index is 627. The largest absolute Gasteiger partial charge is 0.382 e. The smallest absolute Gasteiger partial charge is 0.143 e. The summed E-state index contributed by atoms with van der Waals surface area (Å²) in [6, 6.07) is 6.42. The number of hydrogen-bond donors (Lipinski definition) is 1. The average Bonchev–Trinajstić information content (AvgIpc) is 2.87. The van der Waals surface area contributed by atoms with Crippen LogP contribution in [0, 0.1) is 17.1 Å². The highest BCUT2D eigenvalue weighted by Gasteiger charge is 2.09. The maximum Gasteiger partial charge on any atom is 0.143 e. The molecule has 0 atom stereocenters. The maximum absolute atomic E-state index is 13.4. The van der Waals surface area contributed by atoms with Crippen LogP contribution in [0.25, 0.3) is 0 Å². The second-order valence-corrected chi connectivity index (χ2v) is 4.74. The molecule has 0 aliphatic rings. The summed E-state index contributed by atoms with van der Waals surface area (Å²) in [5.74, 6) is 0.692. The minimum atomic E-state index is -0.510. The summed E-state index contributed by atoms with van der Waals surface area (Å²) in [7, 11) is 0. The van der Waals surface area contributed by atoms with E-state index in [1.165, 1.54) is 6.07 Å². The molecule has 1 aromatic carbocycles. The summed E-state index contributed by atoms with van der Waals surface area (Å²) < 4.78 is 15.4. The van der Waals surface area contributed by atoms with Gasteiger partial charge in [-0.25, -0.2) is 4.39 Å². The lowest BCUT2D eigenvalue weighted by atomic mass is 10.2. The molecule has 0 amide bonds. The van der Waals surface area contributed by atoms with Crippen LogP contribution in [0.15, 0.2) is 24.5 Å². The summed E-state index contributed by atoms with van der Waals surface area (Å²) in [4.78, 5) is 0. The van der Waals surface area contributed by atoms with Crippen molar-refractivity contribution in [2.24, 2.45) is 0 Å². The van der Waals surface area contributed by atoms with E-state index >= 15 is 0 Å². The lowest BCUT2D eigenvalue weighted by Crippen LogP contribution is -2.14. The van der Waals surface area contributed by atoms with Crippen LogP contribution in [0.2, 0.25) is 0 Å². The SMILES string of the molecule is CC(C)c1nncn1CCNc1cccc(F)c1C#N. The van der Waals surface area contributed by atoms with Gasteiger partial charge in [0, 0.05) is 19.0 Å². The van der Waals surface area contributed by atoms with E-state index in [-0.39, 0.29) is 5.56 Å². The number of hydrogen-bond acceptors (Lipinski definition) is 4. The number of halogens is 1. The van der Waals surface area contributed by atoms with Crippen molar-refractivity contribution in [3.8, 4) is 6.07 Å². The zero-order valence-electron chi connectivity index (χ0n) is 11.5. The summed E-state index contributed by atoms with van der Waals surface area (Å²) in [5.41, 5.74) is 0.548. The van der Waals surface area contributed by atoms with Gasteiger partial charge in [-0.3, -0.25) is 0 Å². The van der Waals surface area contributed by atoms with Crippen molar-refractivity contribution in [1.82, 2.24) is 14.8 Å². The first kappa shape index (κ1) is 14.0. The quantitative estimate of drug-likeness (QED) is 0.909. The van der Waals surface area contributed by atoms with Crippen LogP contribution in [0.4, 0.5) is 10.1 Å². The van der Waals surface area contributed by atoms with E-state index in [2.05, 4.69) is 15.5 Å². The Balaban J connectivity index is 2.02. The fourth-order valence-corrected chi connectivity index (χ4v) is 1.98. The van der Waals surface area contributed by atoms with Crippen molar-refractivity contribution in [2.75, 3.05) is 11.9 Å². The number of nitrogens with zero attached hydrogens (tertiary/aromatic N) is 4. The Morgan fingerprint density at radius 2 is 2.25 bits per heavy atom. The van der Waals surface area contributed by atoms with E-state index < -0.39 is 5.82 Å². The van der Waals surface area contributed by atoms with Gasteiger partial charge in [-0.1, -0.05) is 19.9 Å². The molecule has 1 N–H and O–H groups in total. The normalized spacial score (nSPS) is 10.6. The third kappa shape index (κ3) is 2.94. The molecule has 0 radical (unpaired) electrons. The molecule has 2 aromatic rings. The van der Waals surface area contributed by atoms with Crippen LogP contribution in [0.1, 0.15) is 31.2 Å². The van der Waals surface area contributed by atoms with Gasteiger partial charge in [0.1, 0.15) is 29.6 Å². The van der Waals surface area contributed by atoms with Gasteiger partial charge in [-0.05, 0) is 12.1 Å². The molecule has 5 nitrogen and oxygen atoms in total. The highest BCUT2D eigenvalue weighted by Crippen LogP contribution is 2.17. The van der Waals surface area contributed by atoms with Crippen LogP contribution < -0.4 is 5.32 Å². The van der Waals surface area contributed by atoms with Crippen LogP contribution >= 0.6 is 0 Å². The van der Waals surface area contributed by atoms with Crippen molar-refractivity contribution >= 4 is 5.69 Å². The third-order valence-corrected chi connectivity index (χ3v) is 2.96. The Hall–Kier alpha value is -2.42. The molecule has 6 heteroatoms. The van der Waals surface area contributed by atoms with E-state index in [4.69, 9.17) is 5.26 Å². The highest BCUT2D eigenvalue weighted by atomic mass is 19.1. The molecule has 0 aliphatic heterocycles. The summed E-state index contributed by atoms with van der Waals surface area (Å²) in [6.45, 7) is 5.32. The Morgan fingerprint density at radius 1 is 1.45 bits per heavy atom. The van der Waals surface area contributed by atoms with Gasteiger partial charge < -0.3 is 9.88 Å². The zero-order chi connectivity index (χ0) is 14.5. The van der Waals surface area contributed by atoms with E-state index in [1.54, 1.807) is 18.5 Å². The molecular weight excluding hydrogens is 257 g/mol. The van der Waals surface area contributed by atoms with E-state index in [9.17, 15) is 4.39 Å². The van der Waals surface area contributed by atoms with Crippen LogP contribution in [-0.2, 0) is 6.54 Å². The summed E-state index contributed by atoms with van der Waals surface area (Å²) in [6.07, 6.45) is 1.67. The van der Waals surface area contributed by atoms with Crippen LogP contribution in [-0.4, -0.2) is 21.3 Å². The number of rotatable bonds is 5. The third-order valence-electron chi connectivity index (χ3n) is 2.96. The Morgan fingerprint density at radius 3 is 2.95 bits per heavy atom. The van der Waals surface area contributed by atoms with Crippen LogP contribution in [0.3, 0.4) is 0 Å².